The average Bonchev–Trinajstić information content (AvgIpc) is 3.29. The van der Waals surface area contributed by atoms with E-state index < -0.39 is 24.2 Å². The Morgan fingerprint density at radius 2 is 1.56 bits per heavy atom. The number of phenolic OH excluding ortho intramolecular Hbond substituents is 1. The van der Waals surface area contributed by atoms with Crippen molar-refractivity contribution in [2.24, 2.45) is 5.92 Å². The van der Waals surface area contributed by atoms with Crippen molar-refractivity contribution < 1.29 is 34.0 Å². The van der Waals surface area contributed by atoms with Gasteiger partial charge in [0.25, 0.3) is 0 Å². The SMILES string of the molecule is O=C(N[C@@H](c1ccccc1)c1cccc(OCc2ccc(C(=O)OCCc3ccc(CNCC(O)c4ccc(O)c5[nH]c(=O)ccc45)cc3)cc2)c1)OC1CN2CCC1CC2. The summed E-state index contributed by atoms with van der Waals surface area (Å²) in [6.45, 7) is 4.26. The second-order valence-corrected chi connectivity index (χ2v) is 15.8. The number of nitrogens with one attached hydrogen (secondary N) is 3. The predicted molar refractivity (Wildman–Crippen MR) is 231 cm³/mol. The Kier molecular flexibility index (Phi) is 13.0. The molecule has 9 rings (SSSR count). The molecule has 2 unspecified atom stereocenters. The van der Waals surface area contributed by atoms with E-state index in [4.69, 9.17) is 14.2 Å². The van der Waals surface area contributed by atoms with Crippen molar-refractivity contribution in [1.29, 1.82) is 0 Å². The number of benzene rings is 5. The van der Waals surface area contributed by atoms with Crippen LogP contribution >= 0.6 is 0 Å². The fraction of sp³-hybridized carbons (Fsp3) is 0.286. The Morgan fingerprint density at radius 3 is 2.31 bits per heavy atom. The summed E-state index contributed by atoms with van der Waals surface area (Å²) >= 11 is 0. The number of alkyl carbamates (subject to hydrolysis) is 1. The average molecular weight is 823 g/mol. The summed E-state index contributed by atoms with van der Waals surface area (Å²) in [4.78, 5) is 42.8. The molecule has 0 saturated carbocycles. The van der Waals surface area contributed by atoms with Gasteiger partial charge in [0.05, 0.1) is 29.8 Å². The molecule has 3 atom stereocenters. The number of fused-ring (bicyclic) bond motifs is 4. The van der Waals surface area contributed by atoms with Crippen LogP contribution in [0.2, 0.25) is 0 Å². The highest BCUT2D eigenvalue weighted by Crippen LogP contribution is 2.31. The standard InChI is InChI=1S/C49H50N4O8/c54-42-19-17-40(41-18-20-45(56)51-47(41)42)43(55)29-50-28-33-11-9-32(10-12-33)23-26-59-48(57)37-15-13-34(14-16-37)31-60-39-8-4-7-38(27-39)46(36-5-2-1-3-6-36)52-49(58)61-44-30-53-24-21-35(44)22-25-53/h1-20,27,35,43-44,46,50,54-55H,21-26,28-31H2,(H,51,56)(H,52,58)/t43?,44?,46-/m0/s1. The summed E-state index contributed by atoms with van der Waals surface area (Å²) in [6, 6.07) is 38.3. The second-order valence-electron chi connectivity index (χ2n) is 15.8. The predicted octanol–water partition coefficient (Wildman–Crippen LogP) is 6.95. The Balaban J connectivity index is 0.780. The van der Waals surface area contributed by atoms with Gasteiger partial charge in [0, 0.05) is 37.5 Å². The van der Waals surface area contributed by atoms with Gasteiger partial charge in [-0.15, -0.1) is 0 Å². The third-order valence-corrected chi connectivity index (χ3v) is 11.6. The first-order chi connectivity index (χ1) is 29.8. The number of esters is 1. The van der Waals surface area contributed by atoms with Crippen molar-refractivity contribution in [3.63, 3.8) is 0 Å². The molecule has 12 heteroatoms. The molecule has 314 valence electrons. The van der Waals surface area contributed by atoms with Crippen LogP contribution in [0.4, 0.5) is 4.79 Å². The first kappa shape index (κ1) is 41.3. The number of phenols is 1. The summed E-state index contributed by atoms with van der Waals surface area (Å²) in [5, 5.41) is 27.9. The Bertz CT molecular complexity index is 2480. The smallest absolute Gasteiger partial charge is 0.408 e. The summed E-state index contributed by atoms with van der Waals surface area (Å²) in [7, 11) is 0. The van der Waals surface area contributed by atoms with Crippen LogP contribution in [0.15, 0.2) is 132 Å². The molecule has 61 heavy (non-hydrogen) atoms. The number of hydrogen-bond donors (Lipinski definition) is 5. The van der Waals surface area contributed by atoms with Gasteiger partial charge in [0.2, 0.25) is 5.56 Å². The molecule has 3 saturated heterocycles. The van der Waals surface area contributed by atoms with Crippen molar-refractivity contribution in [2.45, 2.75) is 50.7 Å². The number of ether oxygens (including phenoxy) is 3. The van der Waals surface area contributed by atoms with Crippen LogP contribution in [-0.2, 0) is 29.0 Å². The van der Waals surface area contributed by atoms with Gasteiger partial charge in [-0.1, -0.05) is 84.9 Å². The van der Waals surface area contributed by atoms with Crippen LogP contribution in [-0.4, -0.2) is 71.0 Å². The van der Waals surface area contributed by atoms with Crippen LogP contribution < -0.4 is 20.9 Å². The number of aliphatic hydroxyl groups is 1. The number of hydrogen-bond acceptors (Lipinski definition) is 10. The number of aromatic nitrogens is 1. The minimum absolute atomic E-state index is 0.0504. The molecule has 1 aromatic heterocycles. The van der Waals surface area contributed by atoms with Crippen LogP contribution in [0.1, 0.15) is 68.7 Å². The summed E-state index contributed by atoms with van der Waals surface area (Å²) in [6.07, 6.45) is 1.33. The van der Waals surface area contributed by atoms with Gasteiger partial charge in [-0.3, -0.25) is 9.69 Å². The molecule has 4 heterocycles. The molecule has 2 bridgehead atoms. The normalized spacial score (nSPS) is 18.0. The van der Waals surface area contributed by atoms with Crippen molar-refractivity contribution >= 4 is 23.0 Å². The van der Waals surface area contributed by atoms with Crippen molar-refractivity contribution in [3.05, 3.63) is 177 Å². The highest BCUT2D eigenvalue weighted by Gasteiger charge is 2.37. The number of aliphatic hydroxyl groups excluding tert-OH is 1. The lowest BCUT2D eigenvalue weighted by Gasteiger charge is -2.43. The number of nitrogens with zero attached hydrogens (tertiary/aromatic N) is 1. The summed E-state index contributed by atoms with van der Waals surface area (Å²) < 4.78 is 17.7. The summed E-state index contributed by atoms with van der Waals surface area (Å²) in [5.41, 5.74) is 5.76. The van der Waals surface area contributed by atoms with Crippen molar-refractivity contribution in [1.82, 2.24) is 20.5 Å². The number of rotatable bonds is 16. The van der Waals surface area contributed by atoms with E-state index in [9.17, 15) is 24.6 Å². The van der Waals surface area contributed by atoms with Crippen LogP contribution in [0.3, 0.4) is 0 Å². The summed E-state index contributed by atoms with van der Waals surface area (Å²) in [5.74, 6) is 0.614. The molecule has 3 aliphatic rings. The van der Waals surface area contributed by atoms with E-state index in [2.05, 4.69) is 20.5 Å². The van der Waals surface area contributed by atoms with Crippen molar-refractivity contribution in [3.8, 4) is 11.5 Å². The number of piperidine rings is 3. The Morgan fingerprint density at radius 1 is 0.820 bits per heavy atom. The molecule has 12 nitrogen and oxygen atoms in total. The van der Waals surface area contributed by atoms with Gasteiger partial charge in [0.15, 0.2) is 0 Å². The van der Waals surface area contributed by atoms with Crippen LogP contribution in [0, 0.1) is 5.92 Å². The zero-order valence-electron chi connectivity index (χ0n) is 33.8. The van der Waals surface area contributed by atoms with Crippen LogP contribution in [0.5, 0.6) is 11.5 Å². The Labute approximate surface area is 354 Å². The molecular weight excluding hydrogens is 773 g/mol. The largest absolute Gasteiger partial charge is 0.506 e. The number of carbonyl (C=O) groups excluding carboxylic acids is 2. The lowest BCUT2D eigenvalue weighted by molar-refractivity contribution is -0.0336. The molecule has 3 aliphatic heterocycles. The minimum Gasteiger partial charge on any atom is -0.506 e. The van der Waals surface area contributed by atoms with E-state index in [-0.39, 0.29) is 37.2 Å². The molecule has 0 spiro atoms. The number of aromatic amines is 1. The zero-order valence-corrected chi connectivity index (χ0v) is 33.8. The monoisotopic (exact) mass is 822 g/mol. The third kappa shape index (κ3) is 10.5. The van der Waals surface area contributed by atoms with Gasteiger partial charge < -0.3 is 40.0 Å². The van der Waals surface area contributed by atoms with Gasteiger partial charge in [-0.2, -0.15) is 0 Å². The molecule has 0 radical (unpaired) electrons. The highest BCUT2D eigenvalue weighted by atomic mass is 16.6. The van der Waals surface area contributed by atoms with E-state index in [1.165, 1.54) is 12.1 Å². The number of carbonyl (C=O) groups is 2. The molecule has 5 aromatic carbocycles. The number of H-pyrrole nitrogens is 1. The fourth-order valence-electron chi connectivity index (χ4n) is 8.21. The maximum atomic E-state index is 13.2. The Hall–Kier alpha value is -6.47. The highest BCUT2D eigenvalue weighted by molar-refractivity contribution is 5.89. The number of amides is 1. The topological polar surface area (TPSA) is 162 Å². The first-order valence-corrected chi connectivity index (χ1v) is 20.8. The van der Waals surface area contributed by atoms with Gasteiger partial charge in [0.1, 0.15) is 24.2 Å². The number of aromatic hydroxyl groups is 1. The maximum Gasteiger partial charge on any atom is 0.408 e. The van der Waals surface area contributed by atoms with Crippen LogP contribution in [0.25, 0.3) is 10.9 Å². The van der Waals surface area contributed by atoms with Gasteiger partial charge in [-0.05, 0) is 102 Å². The van der Waals surface area contributed by atoms with E-state index in [0.717, 1.165) is 60.3 Å². The maximum absolute atomic E-state index is 13.2. The quantitative estimate of drug-likeness (QED) is 0.0647. The molecule has 3 fully saturated rings. The molecule has 5 N–H and O–H groups in total. The minimum atomic E-state index is -0.850. The van der Waals surface area contributed by atoms with Crippen molar-refractivity contribution in [2.75, 3.05) is 32.8 Å². The van der Waals surface area contributed by atoms with E-state index >= 15 is 0 Å². The molecular formula is C49H50N4O8. The van der Waals surface area contributed by atoms with E-state index in [0.29, 0.717) is 46.7 Å². The lowest BCUT2D eigenvalue weighted by Crippen LogP contribution is -2.52. The molecule has 6 aromatic rings. The number of pyridine rings is 1. The van der Waals surface area contributed by atoms with Gasteiger partial charge in [-0.25, -0.2) is 9.59 Å². The zero-order chi connectivity index (χ0) is 42.1. The van der Waals surface area contributed by atoms with E-state index in [1.807, 2.05) is 91.0 Å². The fourth-order valence-corrected chi connectivity index (χ4v) is 8.21. The van der Waals surface area contributed by atoms with E-state index in [1.54, 1.807) is 24.3 Å². The first-order valence-electron chi connectivity index (χ1n) is 20.8. The molecule has 0 aliphatic carbocycles. The lowest BCUT2D eigenvalue weighted by atomic mass is 9.86. The third-order valence-electron chi connectivity index (χ3n) is 11.6. The molecule has 1 amide bonds. The second kappa shape index (κ2) is 19.3. The van der Waals surface area contributed by atoms with Gasteiger partial charge >= 0.3 is 12.1 Å².